The van der Waals surface area contributed by atoms with Crippen molar-refractivity contribution in [3.05, 3.63) is 118 Å². The first kappa shape index (κ1) is 17.7. The lowest BCUT2D eigenvalue weighted by molar-refractivity contribution is 0.725. The zero-order valence-corrected chi connectivity index (χ0v) is 17.9. The Labute approximate surface area is 179 Å². The fraction of sp³-hybridized carbons (Fsp3) is 0.200. The maximum absolute atomic E-state index is 2.51. The summed E-state index contributed by atoms with van der Waals surface area (Å²) >= 11 is 0. The van der Waals surface area contributed by atoms with Gasteiger partial charge in [-0.2, -0.15) is 0 Å². The fourth-order valence-corrected chi connectivity index (χ4v) is 5.81. The minimum Gasteiger partial charge on any atom is -0.0648 e. The van der Waals surface area contributed by atoms with E-state index in [2.05, 4.69) is 106 Å². The summed E-state index contributed by atoms with van der Waals surface area (Å²) in [7, 11) is 0. The van der Waals surface area contributed by atoms with Crippen LogP contribution in [0.5, 0.6) is 0 Å². The molecule has 0 saturated carbocycles. The lowest BCUT2D eigenvalue weighted by Crippen LogP contribution is -2.26. The Morgan fingerprint density at radius 1 is 0.633 bits per heavy atom. The SMILES string of the molecule is CCC(C)c1ccc2c(c1)C1(c3ccccc3-c3ccccc31)c1cc(C)ccc1-2. The van der Waals surface area contributed by atoms with Crippen LogP contribution in [-0.2, 0) is 5.41 Å². The van der Waals surface area contributed by atoms with E-state index in [0.29, 0.717) is 5.92 Å². The highest BCUT2D eigenvalue weighted by atomic mass is 14.5. The molecule has 4 aromatic carbocycles. The second-order valence-electron chi connectivity index (χ2n) is 9.00. The van der Waals surface area contributed by atoms with Gasteiger partial charge in [0, 0.05) is 0 Å². The molecule has 1 unspecified atom stereocenters. The summed E-state index contributed by atoms with van der Waals surface area (Å²) in [5.74, 6) is 0.560. The van der Waals surface area contributed by atoms with Crippen LogP contribution in [0.2, 0.25) is 0 Å². The molecular formula is C30H26. The number of hydrogen-bond acceptors (Lipinski definition) is 0. The van der Waals surface area contributed by atoms with Gasteiger partial charge in [0.1, 0.15) is 0 Å². The van der Waals surface area contributed by atoms with Crippen LogP contribution in [0.4, 0.5) is 0 Å². The van der Waals surface area contributed by atoms with E-state index in [-0.39, 0.29) is 5.41 Å². The zero-order valence-electron chi connectivity index (χ0n) is 17.9. The lowest BCUT2D eigenvalue weighted by atomic mass is 9.70. The van der Waals surface area contributed by atoms with Crippen LogP contribution in [0.25, 0.3) is 22.3 Å². The van der Waals surface area contributed by atoms with Crippen molar-refractivity contribution in [2.24, 2.45) is 0 Å². The summed E-state index contributed by atoms with van der Waals surface area (Å²) in [6.07, 6.45) is 1.16. The smallest absolute Gasteiger partial charge is 0.0648 e. The van der Waals surface area contributed by atoms with Crippen LogP contribution >= 0.6 is 0 Å². The highest BCUT2D eigenvalue weighted by Crippen LogP contribution is 2.62. The van der Waals surface area contributed by atoms with Crippen molar-refractivity contribution in [1.82, 2.24) is 0 Å². The number of hydrogen-bond donors (Lipinski definition) is 0. The minimum absolute atomic E-state index is 0.215. The first-order valence-corrected chi connectivity index (χ1v) is 11.1. The maximum atomic E-state index is 2.51. The molecule has 0 saturated heterocycles. The highest BCUT2D eigenvalue weighted by molar-refractivity contribution is 5.95. The van der Waals surface area contributed by atoms with E-state index in [1.807, 2.05) is 0 Å². The zero-order chi connectivity index (χ0) is 20.5. The van der Waals surface area contributed by atoms with Gasteiger partial charge in [-0.15, -0.1) is 0 Å². The van der Waals surface area contributed by atoms with E-state index in [1.165, 1.54) is 55.6 Å². The van der Waals surface area contributed by atoms with Crippen molar-refractivity contribution in [3.63, 3.8) is 0 Å². The standard InChI is InChI=1S/C30H26/c1-4-20(3)21-14-16-25-24-15-13-19(2)17-28(24)30(29(25)18-21)26-11-7-5-9-22(26)23-10-6-8-12-27(23)30/h5-18,20H,4H2,1-3H3. The molecule has 0 amide bonds. The molecule has 30 heavy (non-hydrogen) atoms. The predicted octanol–water partition coefficient (Wildman–Crippen LogP) is 7.85. The largest absolute Gasteiger partial charge is 0.0725 e. The predicted molar refractivity (Wildman–Crippen MR) is 126 cm³/mol. The van der Waals surface area contributed by atoms with Crippen LogP contribution in [0.1, 0.15) is 59.6 Å². The second kappa shape index (κ2) is 6.19. The van der Waals surface area contributed by atoms with Gasteiger partial charge in [-0.3, -0.25) is 0 Å². The Morgan fingerprint density at radius 3 is 1.80 bits per heavy atom. The molecule has 2 aliphatic carbocycles. The molecule has 0 aliphatic heterocycles. The molecule has 4 aromatic rings. The average Bonchev–Trinajstić information content (AvgIpc) is 3.25. The summed E-state index contributed by atoms with van der Waals surface area (Å²) < 4.78 is 0. The Kier molecular flexibility index (Phi) is 3.65. The van der Waals surface area contributed by atoms with Crippen LogP contribution in [0, 0.1) is 6.92 Å². The van der Waals surface area contributed by atoms with E-state index >= 15 is 0 Å². The molecule has 0 nitrogen and oxygen atoms in total. The Hall–Kier alpha value is -3.12. The van der Waals surface area contributed by atoms with Crippen LogP contribution in [-0.4, -0.2) is 0 Å². The van der Waals surface area contributed by atoms with Gasteiger partial charge in [0.15, 0.2) is 0 Å². The first-order valence-electron chi connectivity index (χ1n) is 11.1. The normalized spacial score (nSPS) is 15.4. The van der Waals surface area contributed by atoms with Gasteiger partial charge in [-0.1, -0.05) is 104 Å². The third-order valence-corrected chi connectivity index (χ3v) is 7.45. The second-order valence-corrected chi connectivity index (χ2v) is 9.00. The van der Waals surface area contributed by atoms with Gasteiger partial charge < -0.3 is 0 Å². The molecule has 146 valence electrons. The molecule has 0 heterocycles. The van der Waals surface area contributed by atoms with E-state index in [1.54, 1.807) is 0 Å². The molecular weight excluding hydrogens is 360 g/mol. The van der Waals surface area contributed by atoms with E-state index in [4.69, 9.17) is 0 Å². The molecule has 0 bridgehead atoms. The van der Waals surface area contributed by atoms with Gasteiger partial charge in [-0.25, -0.2) is 0 Å². The molecule has 0 N–H and O–H groups in total. The molecule has 0 aromatic heterocycles. The minimum atomic E-state index is -0.215. The third kappa shape index (κ3) is 2.07. The summed E-state index contributed by atoms with van der Waals surface area (Å²) in [6.45, 7) is 6.84. The Bertz CT molecular complexity index is 1260. The van der Waals surface area contributed by atoms with E-state index in [0.717, 1.165) is 6.42 Å². The van der Waals surface area contributed by atoms with Crippen molar-refractivity contribution in [1.29, 1.82) is 0 Å². The summed E-state index contributed by atoms with van der Waals surface area (Å²) in [5.41, 5.74) is 13.8. The molecule has 0 radical (unpaired) electrons. The lowest BCUT2D eigenvalue weighted by Gasteiger charge is -2.31. The molecule has 1 spiro atoms. The number of rotatable bonds is 2. The van der Waals surface area contributed by atoms with Crippen molar-refractivity contribution in [2.45, 2.75) is 38.5 Å². The van der Waals surface area contributed by atoms with Crippen molar-refractivity contribution >= 4 is 0 Å². The van der Waals surface area contributed by atoms with Gasteiger partial charge in [0.2, 0.25) is 0 Å². The summed E-state index contributed by atoms with van der Waals surface area (Å²) in [4.78, 5) is 0. The highest BCUT2D eigenvalue weighted by Gasteiger charge is 2.51. The topological polar surface area (TPSA) is 0 Å². The number of fused-ring (bicyclic) bond motifs is 10. The van der Waals surface area contributed by atoms with E-state index < -0.39 is 0 Å². The Balaban J connectivity index is 1.80. The number of aryl methyl sites for hydroxylation is 1. The number of benzene rings is 4. The van der Waals surface area contributed by atoms with Gasteiger partial charge in [0.05, 0.1) is 5.41 Å². The summed E-state index contributed by atoms with van der Waals surface area (Å²) in [5, 5.41) is 0. The van der Waals surface area contributed by atoms with Gasteiger partial charge >= 0.3 is 0 Å². The van der Waals surface area contributed by atoms with Crippen molar-refractivity contribution in [2.75, 3.05) is 0 Å². The van der Waals surface area contributed by atoms with Gasteiger partial charge in [-0.05, 0) is 69.3 Å². The van der Waals surface area contributed by atoms with Crippen molar-refractivity contribution < 1.29 is 0 Å². The molecule has 6 rings (SSSR count). The molecule has 2 aliphatic rings. The average molecular weight is 387 g/mol. The van der Waals surface area contributed by atoms with Crippen molar-refractivity contribution in [3.8, 4) is 22.3 Å². The fourth-order valence-electron chi connectivity index (χ4n) is 5.81. The Morgan fingerprint density at radius 2 is 1.17 bits per heavy atom. The summed E-state index contributed by atoms with van der Waals surface area (Å²) in [6, 6.07) is 32.3. The maximum Gasteiger partial charge on any atom is 0.0725 e. The van der Waals surface area contributed by atoms with Crippen LogP contribution < -0.4 is 0 Å². The molecule has 1 atom stereocenters. The molecule has 0 heteroatoms. The van der Waals surface area contributed by atoms with Crippen LogP contribution in [0.15, 0.2) is 84.9 Å². The first-order chi connectivity index (χ1) is 14.7. The van der Waals surface area contributed by atoms with Gasteiger partial charge in [0.25, 0.3) is 0 Å². The van der Waals surface area contributed by atoms with Crippen LogP contribution in [0.3, 0.4) is 0 Å². The monoisotopic (exact) mass is 386 g/mol. The van der Waals surface area contributed by atoms with E-state index in [9.17, 15) is 0 Å². The molecule has 0 fully saturated rings. The quantitative estimate of drug-likeness (QED) is 0.284. The third-order valence-electron chi connectivity index (χ3n) is 7.45.